The van der Waals surface area contributed by atoms with Gasteiger partial charge in [-0.25, -0.2) is 18.4 Å². The zero-order valence-corrected chi connectivity index (χ0v) is 19.5. The molecule has 0 fully saturated rings. The fourth-order valence-electron chi connectivity index (χ4n) is 3.28. The molecular weight excluding hydrogens is 434 g/mol. The molecule has 0 aromatic carbocycles. The number of hydrogen-bond donors (Lipinski definition) is 2. The zero-order chi connectivity index (χ0) is 23.7. The van der Waals surface area contributed by atoms with Gasteiger partial charge in [-0.2, -0.15) is 0 Å². The van der Waals surface area contributed by atoms with E-state index in [1.54, 1.807) is 10.9 Å². The van der Waals surface area contributed by atoms with Gasteiger partial charge in [0.1, 0.15) is 11.7 Å². The van der Waals surface area contributed by atoms with Gasteiger partial charge in [-0.05, 0) is 25.2 Å². The summed E-state index contributed by atoms with van der Waals surface area (Å²) in [5, 5.41) is 10.6. The maximum Gasteiger partial charge on any atom is 0.246 e. The minimum atomic E-state index is -3.45. The van der Waals surface area contributed by atoms with Crippen LogP contribution in [0.1, 0.15) is 52.4 Å². The Morgan fingerprint density at radius 2 is 1.88 bits per heavy atom. The van der Waals surface area contributed by atoms with E-state index < -0.39 is 21.8 Å². The number of rotatable bonds is 13. The molecule has 2 heterocycles. The second-order valence-electron chi connectivity index (χ2n) is 7.92. The van der Waals surface area contributed by atoms with Gasteiger partial charge in [-0.15, -0.1) is 5.10 Å². The Morgan fingerprint density at radius 1 is 1.19 bits per heavy atom. The Kier molecular flexibility index (Phi) is 9.24. The summed E-state index contributed by atoms with van der Waals surface area (Å²) in [7, 11) is -3.45. The molecule has 0 spiro atoms. The second kappa shape index (κ2) is 11.7. The first-order chi connectivity index (χ1) is 15.1. The van der Waals surface area contributed by atoms with Crippen LogP contribution in [0.5, 0.6) is 0 Å². The Morgan fingerprint density at radius 3 is 2.47 bits per heavy atom. The number of nitrogens with zero attached hydrogens (tertiary/aromatic N) is 5. The minimum absolute atomic E-state index is 0.0101. The summed E-state index contributed by atoms with van der Waals surface area (Å²) in [6.45, 7) is 4.56. The van der Waals surface area contributed by atoms with E-state index in [9.17, 15) is 18.0 Å². The van der Waals surface area contributed by atoms with E-state index in [4.69, 9.17) is 5.73 Å². The Bertz CT molecular complexity index is 1010. The highest BCUT2D eigenvalue weighted by molar-refractivity contribution is 7.90. The molecule has 12 heteroatoms. The number of carbonyl (C=O) groups is 2. The number of nitrogens with two attached hydrogens (primary N) is 1. The molecule has 0 aliphatic rings. The zero-order valence-electron chi connectivity index (χ0n) is 18.7. The molecule has 0 aliphatic carbocycles. The third-order valence-electron chi connectivity index (χ3n) is 5.02. The fraction of sp³-hybridized carbons (Fsp3) is 0.600. The number of nitrogens with one attached hydrogen (secondary N) is 1. The SMILES string of the molecule is CCCC(C)[C@H](NC(=O)CCCCCn1cc(-c2cnc(S(C)(=O)=O)nc2)nn1)C(N)=O. The van der Waals surface area contributed by atoms with Crippen molar-refractivity contribution in [3.8, 4) is 11.3 Å². The first-order valence-electron chi connectivity index (χ1n) is 10.6. The van der Waals surface area contributed by atoms with E-state index in [0.29, 0.717) is 30.6 Å². The van der Waals surface area contributed by atoms with Crippen molar-refractivity contribution >= 4 is 21.7 Å². The van der Waals surface area contributed by atoms with Crippen molar-refractivity contribution in [2.75, 3.05) is 6.26 Å². The second-order valence-corrected chi connectivity index (χ2v) is 9.83. The minimum Gasteiger partial charge on any atom is -0.368 e. The monoisotopic (exact) mass is 465 g/mol. The number of aryl methyl sites for hydroxylation is 1. The first kappa shape index (κ1) is 25.4. The van der Waals surface area contributed by atoms with Gasteiger partial charge < -0.3 is 11.1 Å². The highest BCUT2D eigenvalue weighted by Gasteiger charge is 2.23. The predicted octanol–water partition coefficient (Wildman–Crippen LogP) is 1.11. The quantitative estimate of drug-likeness (QED) is 0.328. The van der Waals surface area contributed by atoms with Gasteiger partial charge in [-0.1, -0.05) is 31.9 Å². The molecule has 2 rings (SSSR count). The molecule has 2 aromatic rings. The van der Waals surface area contributed by atoms with Crippen LogP contribution in [0.2, 0.25) is 0 Å². The van der Waals surface area contributed by atoms with Crippen molar-refractivity contribution in [3.05, 3.63) is 18.6 Å². The number of carbonyl (C=O) groups excluding carboxylic acids is 2. The molecule has 176 valence electrons. The topological polar surface area (TPSA) is 163 Å². The molecule has 2 amide bonds. The van der Waals surface area contributed by atoms with Crippen molar-refractivity contribution in [1.29, 1.82) is 0 Å². The summed E-state index contributed by atoms with van der Waals surface area (Å²) in [5.41, 5.74) is 6.54. The molecule has 2 atom stereocenters. The maximum atomic E-state index is 12.1. The number of unbranched alkanes of at least 4 members (excludes halogenated alkanes) is 2. The van der Waals surface area contributed by atoms with E-state index in [1.807, 2.05) is 13.8 Å². The number of hydrogen-bond acceptors (Lipinski definition) is 8. The smallest absolute Gasteiger partial charge is 0.246 e. The normalized spacial score (nSPS) is 13.5. The number of aromatic nitrogens is 5. The maximum absolute atomic E-state index is 12.1. The van der Waals surface area contributed by atoms with Crippen LogP contribution >= 0.6 is 0 Å². The number of amides is 2. The Hall–Kier alpha value is -2.89. The molecule has 0 saturated carbocycles. The van der Waals surface area contributed by atoms with E-state index in [-0.39, 0.29) is 17.0 Å². The van der Waals surface area contributed by atoms with E-state index in [0.717, 1.165) is 31.9 Å². The molecule has 11 nitrogen and oxygen atoms in total. The van der Waals surface area contributed by atoms with Crippen LogP contribution in [-0.2, 0) is 26.0 Å². The van der Waals surface area contributed by atoms with Gasteiger partial charge in [-0.3, -0.25) is 14.3 Å². The number of sulfone groups is 1. The average molecular weight is 466 g/mol. The summed E-state index contributed by atoms with van der Waals surface area (Å²) in [6.07, 6.45) is 9.94. The van der Waals surface area contributed by atoms with E-state index >= 15 is 0 Å². The molecule has 0 aliphatic heterocycles. The van der Waals surface area contributed by atoms with Crippen LogP contribution in [0, 0.1) is 5.92 Å². The molecule has 0 bridgehead atoms. The summed E-state index contributed by atoms with van der Waals surface area (Å²) >= 11 is 0. The van der Waals surface area contributed by atoms with E-state index in [2.05, 4.69) is 25.6 Å². The van der Waals surface area contributed by atoms with Gasteiger partial charge in [0, 0.05) is 37.2 Å². The van der Waals surface area contributed by atoms with Crippen LogP contribution in [-0.4, -0.2) is 57.5 Å². The van der Waals surface area contributed by atoms with Gasteiger partial charge >= 0.3 is 0 Å². The fourth-order valence-corrected chi connectivity index (χ4v) is 3.77. The Labute approximate surface area is 188 Å². The largest absolute Gasteiger partial charge is 0.368 e. The van der Waals surface area contributed by atoms with Crippen molar-refractivity contribution in [2.45, 2.75) is 70.1 Å². The van der Waals surface area contributed by atoms with Crippen LogP contribution in [0.4, 0.5) is 0 Å². The van der Waals surface area contributed by atoms with Gasteiger partial charge in [0.25, 0.3) is 0 Å². The lowest BCUT2D eigenvalue weighted by molar-refractivity contribution is -0.128. The van der Waals surface area contributed by atoms with Crippen molar-refractivity contribution in [1.82, 2.24) is 30.3 Å². The summed E-state index contributed by atoms with van der Waals surface area (Å²) in [4.78, 5) is 31.5. The average Bonchev–Trinajstić information content (AvgIpc) is 3.20. The predicted molar refractivity (Wildman–Crippen MR) is 118 cm³/mol. The molecule has 2 aromatic heterocycles. The van der Waals surface area contributed by atoms with Crippen molar-refractivity contribution < 1.29 is 18.0 Å². The highest BCUT2D eigenvalue weighted by Crippen LogP contribution is 2.15. The summed E-state index contributed by atoms with van der Waals surface area (Å²) < 4.78 is 24.5. The summed E-state index contributed by atoms with van der Waals surface area (Å²) in [6, 6.07) is -0.633. The molecule has 0 saturated heterocycles. The lowest BCUT2D eigenvalue weighted by atomic mass is 9.96. The van der Waals surface area contributed by atoms with Crippen LogP contribution in [0.3, 0.4) is 0 Å². The van der Waals surface area contributed by atoms with Crippen LogP contribution in [0.25, 0.3) is 11.3 Å². The lowest BCUT2D eigenvalue weighted by Gasteiger charge is -2.21. The van der Waals surface area contributed by atoms with Crippen LogP contribution < -0.4 is 11.1 Å². The van der Waals surface area contributed by atoms with Crippen molar-refractivity contribution in [2.24, 2.45) is 11.7 Å². The first-order valence-corrected chi connectivity index (χ1v) is 12.5. The standard InChI is InChI=1S/C20H31N7O4S/c1-4-8-14(2)18(19(21)29)24-17(28)9-6-5-7-10-27-13-16(25-26-27)15-11-22-20(23-12-15)32(3,30)31/h11-14,18H,4-10H2,1-3H3,(H2,21,29)(H,24,28)/t14?,18-/m0/s1. The third-order valence-corrected chi connectivity index (χ3v) is 5.90. The van der Waals surface area contributed by atoms with Crippen molar-refractivity contribution in [3.63, 3.8) is 0 Å². The molecule has 32 heavy (non-hydrogen) atoms. The van der Waals surface area contributed by atoms with Gasteiger partial charge in [0.2, 0.25) is 26.8 Å². The number of primary amides is 1. The highest BCUT2D eigenvalue weighted by atomic mass is 32.2. The van der Waals surface area contributed by atoms with Gasteiger partial charge in [0.05, 0.1) is 6.20 Å². The third kappa shape index (κ3) is 7.66. The van der Waals surface area contributed by atoms with Crippen LogP contribution in [0.15, 0.2) is 23.7 Å². The van der Waals surface area contributed by atoms with Gasteiger partial charge in [0.15, 0.2) is 0 Å². The molecule has 1 unspecified atom stereocenters. The van der Waals surface area contributed by atoms with E-state index in [1.165, 1.54) is 12.4 Å². The lowest BCUT2D eigenvalue weighted by Crippen LogP contribution is -2.48. The Balaban J connectivity index is 1.75. The summed E-state index contributed by atoms with van der Waals surface area (Å²) in [5.74, 6) is -0.661. The molecular formula is C20H31N7O4S. The molecule has 0 radical (unpaired) electrons. The molecule has 3 N–H and O–H groups in total.